The number of aliphatic hydroxyl groups excluding tert-OH is 1. The van der Waals surface area contributed by atoms with E-state index in [9.17, 15) is 22.8 Å². The minimum Gasteiger partial charge on any atom is -0.480 e. The number of nitrogens with one attached hydrogen (secondary N) is 1. The quantitative estimate of drug-likeness (QED) is 0.771. The number of alkyl halides is 3. The van der Waals surface area contributed by atoms with Crippen molar-refractivity contribution >= 4 is 11.9 Å². The summed E-state index contributed by atoms with van der Waals surface area (Å²) < 4.78 is 40.1. The summed E-state index contributed by atoms with van der Waals surface area (Å²) in [6.45, 7) is -0.888. The Hall–Kier alpha value is -2.87. The van der Waals surface area contributed by atoms with Crippen LogP contribution < -0.4 is 5.32 Å². The van der Waals surface area contributed by atoms with E-state index in [0.717, 1.165) is 12.1 Å². The van der Waals surface area contributed by atoms with Crippen LogP contribution >= 0.6 is 0 Å². The molecule has 0 spiro atoms. The molecule has 0 unspecified atom stereocenters. The van der Waals surface area contributed by atoms with Gasteiger partial charge in [0.2, 0.25) is 0 Å². The molecule has 0 aliphatic rings. The highest BCUT2D eigenvalue weighted by Gasteiger charge is 2.35. The second kappa shape index (κ2) is 7.35. The van der Waals surface area contributed by atoms with Gasteiger partial charge in [0.25, 0.3) is 5.91 Å². The maximum Gasteiger partial charge on any atom is 0.417 e. The lowest BCUT2D eigenvalue weighted by molar-refractivity contribution is -0.140. The van der Waals surface area contributed by atoms with Crippen LogP contribution in [-0.2, 0) is 11.0 Å². The van der Waals surface area contributed by atoms with Gasteiger partial charge in [-0.15, -0.1) is 0 Å². The number of aliphatic carboxylic acids is 1. The number of hydrogen-bond donors (Lipinski definition) is 3. The molecule has 0 aliphatic heterocycles. The number of carbonyl (C=O) groups excluding carboxylic acids is 1. The summed E-state index contributed by atoms with van der Waals surface area (Å²) in [4.78, 5) is 23.3. The lowest BCUT2D eigenvalue weighted by Gasteiger charge is -2.18. The van der Waals surface area contributed by atoms with Crippen LogP contribution in [0.2, 0.25) is 0 Å². The number of benzene rings is 2. The van der Waals surface area contributed by atoms with E-state index in [1.165, 1.54) is 30.3 Å². The predicted molar refractivity (Wildman–Crippen MR) is 82.9 cm³/mol. The van der Waals surface area contributed by atoms with Crippen LogP contribution in [0.4, 0.5) is 13.2 Å². The standard InChI is InChI=1S/C17H14F3NO4/c18-17(19,20)12-8-4-7-11(14(12)10-5-2-1-3-6-10)15(23)21-13(9-22)16(24)25/h1-8,13,22H,9H2,(H,21,23)(H,24,25)/t13-/m0/s1. The average Bonchev–Trinajstić information content (AvgIpc) is 2.58. The largest absolute Gasteiger partial charge is 0.480 e. The van der Waals surface area contributed by atoms with Gasteiger partial charge in [-0.2, -0.15) is 13.2 Å². The van der Waals surface area contributed by atoms with Crippen molar-refractivity contribution in [3.63, 3.8) is 0 Å². The van der Waals surface area contributed by atoms with Crippen molar-refractivity contribution in [3.8, 4) is 11.1 Å². The molecule has 1 atom stereocenters. The first-order valence-electron chi connectivity index (χ1n) is 7.16. The van der Waals surface area contributed by atoms with Crippen molar-refractivity contribution in [2.45, 2.75) is 12.2 Å². The van der Waals surface area contributed by atoms with Crippen LogP contribution in [-0.4, -0.2) is 34.7 Å². The first-order valence-corrected chi connectivity index (χ1v) is 7.16. The van der Waals surface area contributed by atoms with Gasteiger partial charge < -0.3 is 15.5 Å². The van der Waals surface area contributed by atoms with E-state index in [4.69, 9.17) is 10.2 Å². The zero-order chi connectivity index (χ0) is 18.6. The lowest BCUT2D eigenvalue weighted by atomic mass is 9.93. The summed E-state index contributed by atoms with van der Waals surface area (Å²) in [6, 6.07) is 8.97. The third-order valence-electron chi connectivity index (χ3n) is 3.46. The van der Waals surface area contributed by atoms with Gasteiger partial charge >= 0.3 is 12.1 Å². The fraction of sp³-hybridized carbons (Fsp3) is 0.176. The highest BCUT2D eigenvalue weighted by Crippen LogP contribution is 2.39. The molecule has 8 heteroatoms. The molecule has 0 bridgehead atoms. The summed E-state index contributed by atoms with van der Waals surface area (Å²) in [5.41, 5.74) is -1.53. The number of carbonyl (C=O) groups is 2. The van der Waals surface area contributed by atoms with Crippen LogP contribution in [0.3, 0.4) is 0 Å². The third kappa shape index (κ3) is 4.16. The molecular weight excluding hydrogens is 339 g/mol. The average molecular weight is 353 g/mol. The topological polar surface area (TPSA) is 86.6 Å². The van der Waals surface area contributed by atoms with Crippen LogP contribution in [0.25, 0.3) is 11.1 Å². The Morgan fingerprint density at radius 3 is 2.20 bits per heavy atom. The van der Waals surface area contributed by atoms with Crippen molar-refractivity contribution in [1.29, 1.82) is 0 Å². The minimum atomic E-state index is -4.70. The van der Waals surface area contributed by atoms with E-state index in [0.29, 0.717) is 0 Å². The van der Waals surface area contributed by atoms with E-state index >= 15 is 0 Å². The van der Waals surface area contributed by atoms with E-state index in [-0.39, 0.29) is 16.7 Å². The zero-order valence-electron chi connectivity index (χ0n) is 12.7. The van der Waals surface area contributed by atoms with E-state index in [1.54, 1.807) is 6.07 Å². The Morgan fingerprint density at radius 2 is 1.68 bits per heavy atom. The number of carboxylic acid groups (broad SMARTS) is 1. The molecular formula is C17H14F3NO4. The van der Waals surface area contributed by atoms with Crippen molar-refractivity contribution in [3.05, 3.63) is 59.7 Å². The summed E-state index contributed by atoms with van der Waals surface area (Å²) in [5, 5.41) is 19.9. The molecule has 0 aromatic heterocycles. The maximum atomic E-state index is 13.4. The molecule has 3 N–H and O–H groups in total. The number of carboxylic acids is 1. The van der Waals surface area contributed by atoms with Gasteiger partial charge in [-0.1, -0.05) is 36.4 Å². The Labute approximate surface area is 140 Å². The van der Waals surface area contributed by atoms with E-state index in [1.807, 2.05) is 5.32 Å². The second-order valence-electron chi connectivity index (χ2n) is 5.14. The zero-order valence-corrected chi connectivity index (χ0v) is 12.7. The molecule has 132 valence electrons. The molecule has 25 heavy (non-hydrogen) atoms. The first-order chi connectivity index (χ1) is 11.8. The van der Waals surface area contributed by atoms with Gasteiger partial charge in [0.1, 0.15) is 0 Å². The van der Waals surface area contributed by atoms with Crippen molar-refractivity contribution in [2.75, 3.05) is 6.61 Å². The number of amides is 1. The van der Waals surface area contributed by atoms with Crippen LogP contribution in [0, 0.1) is 0 Å². The summed E-state index contributed by atoms with van der Waals surface area (Å²) in [5.74, 6) is -2.52. The number of rotatable bonds is 5. The van der Waals surface area contributed by atoms with E-state index in [2.05, 4.69) is 0 Å². The number of aliphatic hydroxyl groups is 1. The Bertz CT molecular complexity index is 775. The van der Waals surface area contributed by atoms with Gasteiger partial charge in [0, 0.05) is 11.1 Å². The molecule has 2 aromatic rings. The maximum absolute atomic E-state index is 13.4. The monoisotopic (exact) mass is 353 g/mol. The van der Waals surface area contributed by atoms with Crippen LogP contribution in [0.1, 0.15) is 15.9 Å². The number of halogens is 3. The second-order valence-corrected chi connectivity index (χ2v) is 5.14. The van der Waals surface area contributed by atoms with Crippen LogP contribution in [0.5, 0.6) is 0 Å². The summed E-state index contributed by atoms with van der Waals surface area (Å²) in [6.07, 6.45) is -4.70. The highest BCUT2D eigenvalue weighted by atomic mass is 19.4. The molecule has 0 heterocycles. The normalized spacial score (nSPS) is 12.5. The molecule has 0 fully saturated rings. The van der Waals surface area contributed by atoms with E-state index < -0.39 is 36.3 Å². The summed E-state index contributed by atoms with van der Waals surface area (Å²) in [7, 11) is 0. The highest BCUT2D eigenvalue weighted by molar-refractivity contribution is 6.03. The number of hydrogen-bond acceptors (Lipinski definition) is 3. The van der Waals surface area contributed by atoms with Crippen molar-refractivity contribution < 1.29 is 33.0 Å². The fourth-order valence-corrected chi connectivity index (χ4v) is 2.32. The molecule has 2 rings (SSSR count). The molecule has 0 radical (unpaired) electrons. The smallest absolute Gasteiger partial charge is 0.417 e. The first kappa shape index (κ1) is 18.5. The molecule has 5 nitrogen and oxygen atoms in total. The SMILES string of the molecule is O=C(N[C@@H](CO)C(=O)O)c1cccc(C(F)(F)F)c1-c1ccccc1. The van der Waals surface area contributed by atoms with Gasteiger partial charge in [0.15, 0.2) is 6.04 Å². The minimum absolute atomic E-state index is 0.163. The van der Waals surface area contributed by atoms with Crippen molar-refractivity contribution in [2.24, 2.45) is 0 Å². The van der Waals surface area contributed by atoms with Gasteiger partial charge in [-0.05, 0) is 17.7 Å². The molecule has 2 aromatic carbocycles. The molecule has 1 amide bonds. The molecule has 0 aliphatic carbocycles. The van der Waals surface area contributed by atoms with Gasteiger partial charge in [0.05, 0.1) is 12.2 Å². The van der Waals surface area contributed by atoms with Crippen LogP contribution in [0.15, 0.2) is 48.5 Å². The third-order valence-corrected chi connectivity index (χ3v) is 3.46. The van der Waals surface area contributed by atoms with Gasteiger partial charge in [-0.25, -0.2) is 4.79 Å². The fourth-order valence-electron chi connectivity index (χ4n) is 2.32. The molecule has 0 saturated carbocycles. The van der Waals surface area contributed by atoms with Gasteiger partial charge in [-0.3, -0.25) is 4.79 Å². The predicted octanol–water partition coefficient (Wildman–Crippen LogP) is 2.55. The Balaban J connectivity index is 2.59. The lowest BCUT2D eigenvalue weighted by Crippen LogP contribution is -2.43. The van der Waals surface area contributed by atoms with Crippen molar-refractivity contribution in [1.82, 2.24) is 5.32 Å². The summed E-state index contributed by atoms with van der Waals surface area (Å²) >= 11 is 0. The Morgan fingerprint density at radius 1 is 1.04 bits per heavy atom. The Kier molecular flexibility index (Phi) is 5.43. The molecule has 0 saturated heterocycles.